The average Bonchev–Trinajstić information content (AvgIpc) is 3.22. The van der Waals surface area contributed by atoms with Gasteiger partial charge < -0.3 is 24.0 Å². The molecule has 4 rings (SSSR count). The van der Waals surface area contributed by atoms with E-state index in [0.717, 1.165) is 57.1 Å². The number of fused-ring (bicyclic) bond motifs is 1. The zero-order valence-corrected chi connectivity index (χ0v) is 17.2. The second kappa shape index (κ2) is 8.74. The Morgan fingerprint density at radius 3 is 2.55 bits per heavy atom. The van der Waals surface area contributed by atoms with E-state index in [1.165, 1.54) is 16.0 Å². The van der Waals surface area contributed by atoms with Crippen LogP contribution in [0.1, 0.15) is 16.7 Å². The van der Waals surface area contributed by atoms with Crippen LogP contribution in [0.4, 0.5) is 0 Å². The average molecular weight is 397 g/mol. The van der Waals surface area contributed by atoms with Crippen LogP contribution in [0.25, 0.3) is 0 Å². The summed E-state index contributed by atoms with van der Waals surface area (Å²) in [6.07, 6.45) is 1.40. The SMILES string of the molecule is COc1ccc(CC(=O)N2CC[NH+](Cc3ccc4c(c3)CCO4)CC2)cc1OC. The predicted molar refractivity (Wildman–Crippen MR) is 110 cm³/mol. The van der Waals surface area contributed by atoms with Crippen LogP contribution in [-0.4, -0.2) is 57.8 Å². The zero-order chi connectivity index (χ0) is 20.2. The number of benzene rings is 2. The molecule has 0 aromatic heterocycles. The lowest BCUT2D eigenvalue weighted by Gasteiger charge is -2.32. The molecule has 1 fully saturated rings. The lowest BCUT2D eigenvalue weighted by Crippen LogP contribution is -3.13. The van der Waals surface area contributed by atoms with Crippen molar-refractivity contribution in [3.05, 3.63) is 53.1 Å². The van der Waals surface area contributed by atoms with Crippen molar-refractivity contribution < 1.29 is 23.9 Å². The molecule has 2 heterocycles. The Hall–Kier alpha value is -2.73. The molecule has 2 aliphatic heterocycles. The third kappa shape index (κ3) is 4.48. The Bertz CT molecular complexity index is 875. The standard InChI is InChI=1S/C23H28N2O4/c1-27-21-6-3-17(14-22(21)28-2)15-23(26)25-10-8-24(9-11-25)16-18-4-5-20-19(13-18)7-12-29-20/h3-6,13-14H,7-12,15-16H2,1-2H3/p+1. The summed E-state index contributed by atoms with van der Waals surface area (Å²) in [5, 5.41) is 0. The normalized spacial score (nSPS) is 16.3. The molecule has 0 saturated carbocycles. The molecule has 1 N–H and O–H groups in total. The summed E-state index contributed by atoms with van der Waals surface area (Å²) in [5.74, 6) is 2.55. The van der Waals surface area contributed by atoms with Gasteiger partial charge in [-0.05, 0) is 41.5 Å². The van der Waals surface area contributed by atoms with Gasteiger partial charge in [-0.3, -0.25) is 4.79 Å². The summed E-state index contributed by atoms with van der Waals surface area (Å²) in [5.41, 5.74) is 3.63. The summed E-state index contributed by atoms with van der Waals surface area (Å²) in [7, 11) is 3.22. The molecule has 1 amide bonds. The van der Waals surface area contributed by atoms with Crippen molar-refractivity contribution in [3.8, 4) is 17.2 Å². The predicted octanol–water partition coefficient (Wildman–Crippen LogP) is 1.11. The second-order valence-electron chi connectivity index (χ2n) is 7.71. The van der Waals surface area contributed by atoms with Gasteiger partial charge in [0.1, 0.15) is 12.3 Å². The number of amides is 1. The van der Waals surface area contributed by atoms with Crippen LogP contribution in [0.2, 0.25) is 0 Å². The fourth-order valence-corrected chi connectivity index (χ4v) is 4.16. The molecular formula is C23H29N2O4+. The largest absolute Gasteiger partial charge is 0.493 e. The minimum atomic E-state index is 0.172. The molecule has 0 unspecified atom stereocenters. The van der Waals surface area contributed by atoms with Gasteiger partial charge in [0.15, 0.2) is 11.5 Å². The van der Waals surface area contributed by atoms with Gasteiger partial charge in [0.25, 0.3) is 0 Å². The molecule has 154 valence electrons. The van der Waals surface area contributed by atoms with Crippen molar-refractivity contribution in [1.82, 2.24) is 4.90 Å². The molecule has 0 aliphatic carbocycles. The molecule has 0 atom stereocenters. The zero-order valence-electron chi connectivity index (χ0n) is 17.2. The van der Waals surface area contributed by atoms with Gasteiger partial charge >= 0.3 is 0 Å². The number of carbonyl (C=O) groups is 1. The number of rotatable bonds is 6. The summed E-state index contributed by atoms with van der Waals surface area (Å²) >= 11 is 0. The number of nitrogens with one attached hydrogen (secondary N) is 1. The monoisotopic (exact) mass is 397 g/mol. The fourth-order valence-electron chi connectivity index (χ4n) is 4.16. The van der Waals surface area contributed by atoms with E-state index in [2.05, 4.69) is 18.2 Å². The second-order valence-corrected chi connectivity index (χ2v) is 7.71. The number of nitrogens with zero attached hydrogens (tertiary/aromatic N) is 1. The number of quaternary nitrogens is 1. The maximum atomic E-state index is 12.7. The number of piperazine rings is 1. The van der Waals surface area contributed by atoms with Crippen molar-refractivity contribution >= 4 is 5.91 Å². The molecule has 0 spiro atoms. The number of hydrogen-bond acceptors (Lipinski definition) is 4. The van der Waals surface area contributed by atoms with Crippen molar-refractivity contribution in [2.24, 2.45) is 0 Å². The van der Waals surface area contributed by atoms with Crippen molar-refractivity contribution in [2.45, 2.75) is 19.4 Å². The Kier molecular flexibility index (Phi) is 5.90. The highest BCUT2D eigenvalue weighted by atomic mass is 16.5. The molecule has 2 aromatic carbocycles. The minimum absolute atomic E-state index is 0.172. The van der Waals surface area contributed by atoms with E-state index in [0.29, 0.717) is 17.9 Å². The molecule has 0 bridgehead atoms. The Balaban J connectivity index is 1.29. The fraction of sp³-hybridized carbons (Fsp3) is 0.435. The Morgan fingerprint density at radius 2 is 1.79 bits per heavy atom. The molecule has 2 aliphatic rings. The van der Waals surface area contributed by atoms with E-state index in [-0.39, 0.29) is 5.91 Å². The van der Waals surface area contributed by atoms with Gasteiger partial charge in [-0.25, -0.2) is 0 Å². The third-order valence-corrected chi connectivity index (χ3v) is 5.83. The summed E-state index contributed by atoms with van der Waals surface area (Å²) in [6, 6.07) is 12.2. The Labute approximate surface area is 172 Å². The van der Waals surface area contributed by atoms with Crippen LogP contribution < -0.4 is 19.1 Å². The van der Waals surface area contributed by atoms with E-state index in [9.17, 15) is 4.79 Å². The van der Waals surface area contributed by atoms with Gasteiger partial charge in [0.2, 0.25) is 5.91 Å². The van der Waals surface area contributed by atoms with E-state index in [4.69, 9.17) is 14.2 Å². The highest BCUT2D eigenvalue weighted by Gasteiger charge is 2.24. The van der Waals surface area contributed by atoms with Gasteiger partial charge in [-0.15, -0.1) is 0 Å². The maximum Gasteiger partial charge on any atom is 0.227 e. The maximum absolute atomic E-state index is 12.7. The van der Waals surface area contributed by atoms with Crippen LogP contribution in [0.5, 0.6) is 17.2 Å². The first-order valence-electron chi connectivity index (χ1n) is 10.2. The van der Waals surface area contributed by atoms with Crippen molar-refractivity contribution in [3.63, 3.8) is 0 Å². The molecule has 1 saturated heterocycles. The van der Waals surface area contributed by atoms with E-state index < -0.39 is 0 Å². The van der Waals surface area contributed by atoms with Gasteiger partial charge in [0.05, 0.1) is 53.4 Å². The number of carbonyl (C=O) groups excluding carboxylic acids is 1. The van der Waals surface area contributed by atoms with Crippen LogP contribution in [0.15, 0.2) is 36.4 Å². The van der Waals surface area contributed by atoms with Crippen LogP contribution in [-0.2, 0) is 24.2 Å². The van der Waals surface area contributed by atoms with Crippen molar-refractivity contribution in [1.29, 1.82) is 0 Å². The first-order chi connectivity index (χ1) is 14.2. The quantitative estimate of drug-likeness (QED) is 0.794. The smallest absolute Gasteiger partial charge is 0.227 e. The van der Waals surface area contributed by atoms with E-state index in [1.54, 1.807) is 14.2 Å². The lowest BCUT2D eigenvalue weighted by atomic mass is 10.1. The first-order valence-corrected chi connectivity index (χ1v) is 10.2. The van der Waals surface area contributed by atoms with E-state index >= 15 is 0 Å². The first kappa shape index (κ1) is 19.6. The highest BCUT2D eigenvalue weighted by molar-refractivity contribution is 5.79. The Morgan fingerprint density at radius 1 is 1.03 bits per heavy atom. The number of hydrogen-bond donors (Lipinski definition) is 1. The summed E-state index contributed by atoms with van der Waals surface area (Å²) in [4.78, 5) is 16.3. The van der Waals surface area contributed by atoms with E-state index in [1.807, 2.05) is 23.1 Å². The summed E-state index contributed by atoms with van der Waals surface area (Å²) in [6.45, 7) is 5.36. The molecule has 6 nitrogen and oxygen atoms in total. The molecule has 6 heteroatoms. The third-order valence-electron chi connectivity index (χ3n) is 5.83. The molecule has 2 aromatic rings. The number of ether oxygens (including phenoxy) is 3. The minimum Gasteiger partial charge on any atom is -0.493 e. The molecular weight excluding hydrogens is 368 g/mol. The van der Waals surface area contributed by atoms with Crippen LogP contribution in [0, 0.1) is 0 Å². The highest BCUT2D eigenvalue weighted by Crippen LogP contribution is 2.28. The number of methoxy groups -OCH3 is 2. The van der Waals surface area contributed by atoms with Crippen LogP contribution >= 0.6 is 0 Å². The van der Waals surface area contributed by atoms with Gasteiger partial charge in [0, 0.05) is 12.0 Å². The molecule has 29 heavy (non-hydrogen) atoms. The topological polar surface area (TPSA) is 52.4 Å². The van der Waals surface area contributed by atoms with Gasteiger partial charge in [-0.1, -0.05) is 6.07 Å². The van der Waals surface area contributed by atoms with Crippen LogP contribution in [0.3, 0.4) is 0 Å². The van der Waals surface area contributed by atoms with Gasteiger partial charge in [-0.2, -0.15) is 0 Å². The summed E-state index contributed by atoms with van der Waals surface area (Å²) < 4.78 is 16.2. The molecule has 0 radical (unpaired) electrons. The lowest BCUT2D eigenvalue weighted by molar-refractivity contribution is -0.917. The van der Waals surface area contributed by atoms with Crippen molar-refractivity contribution in [2.75, 3.05) is 47.0 Å².